The molecule has 0 saturated carbocycles. The van der Waals surface area contributed by atoms with Crippen molar-refractivity contribution in [2.75, 3.05) is 6.79 Å². The van der Waals surface area contributed by atoms with E-state index in [1.54, 1.807) is 12.1 Å². The molecule has 0 radical (unpaired) electrons. The van der Waals surface area contributed by atoms with Gasteiger partial charge in [-0.2, -0.15) is 4.99 Å². The second-order valence-corrected chi connectivity index (χ2v) is 5.62. The standard InChI is InChI=1S/C19H15N3O3/c20-19(21)22-18(23)12-8-7-11-3-1-4-13(15(11)9-12)14-5-2-6-16-17(14)25-10-24-16/h1-9H,10H2,(H4,20,21,22,23). The molecule has 0 aliphatic carbocycles. The zero-order valence-corrected chi connectivity index (χ0v) is 13.2. The molecule has 0 spiro atoms. The maximum Gasteiger partial charge on any atom is 0.280 e. The topological polar surface area (TPSA) is 99.9 Å². The maximum absolute atomic E-state index is 12.1. The fraction of sp³-hybridized carbons (Fsp3) is 0.0526. The molecule has 0 aromatic heterocycles. The lowest BCUT2D eigenvalue weighted by Gasteiger charge is -2.10. The van der Waals surface area contributed by atoms with Crippen molar-refractivity contribution in [2.45, 2.75) is 0 Å². The average Bonchev–Trinajstić information content (AvgIpc) is 3.09. The number of rotatable bonds is 2. The van der Waals surface area contributed by atoms with E-state index in [1.165, 1.54) is 0 Å². The summed E-state index contributed by atoms with van der Waals surface area (Å²) < 4.78 is 11.1. The minimum Gasteiger partial charge on any atom is -0.454 e. The first-order valence-corrected chi connectivity index (χ1v) is 7.69. The van der Waals surface area contributed by atoms with E-state index in [2.05, 4.69) is 4.99 Å². The van der Waals surface area contributed by atoms with Crippen LogP contribution >= 0.6 is 0 Å². The molecule has 1 aliphatic rings. The SMILES string of the molecule is NC(N)=NC(=O)c1ccc2cccc(-c3cccc4c3OCO4)c2c1. The van der Waals surface area contributed by atoms with Crippen LogP contribution in [0.1, 0.15) is 10.4 Å². The summed E-state index contributed by atoms with van der Waals surface area (Å²) in [5.74, 6) is 0.678. The molecule has 6 heteroatoms. The van der Waals surface area contributed by atoms with Gasteiger partial charge in [-0.25, -0.2) is 0 Å². The van der Waals surface area contributed by atoms with Gasteiger partial charge in [0.25, 0.3) is 5.91 Å². The number of guanidine groups is 1. The van der Waals surface area contributed by atoms with Crippen LogP contribution < -0.4 is 20.9 Å². The van der Waals surface area contributed by atoms with E-state index in [-0.39, 0.29) is 12.8 Å². The van der Waals surface area contributed by atoms with Gasteiger partial charge >= 0.3 is 0 Å². The predicted octanol–water partition coefficient (Wildman–Crippen LogP) is 2.65. The largest absolute Gasteiger partial charge is 0.454 e. The molecule has 25 heavy (non-hydrogen) atoms. The van der Waals surface area contributed by atoms with Gasteiger partial charge in [-0.3, -0.25) is 4.79 Å². The Morgan fingerprint density at radius 2 is 1.76 bits per heavy atom. The lowest BCUT2D eigenvalue weighted by atomic mass is 9.96. The van der Waals surface area contributed by atoms with E-state index >= 15 is 0 Å². The molecular formula is C19H15N3O3. The number of benzene rings is 3. The first-order valence-electron chi connectivity index (χ1n) is 7.69. The third-order valence-electron chi connectivity index (χ3n) is 4.05. The summed E-state index contributed by atoms with van der Waals surface area (Å²) in [7, 11) is 0. The van der Waals surface area contributed by atoms with Crippen molar-refractivity contribution >= 4 is 22.6 Å². The van der Waals surface area contributed by atoms with E-state index in [9.17, 15) is 4.79 Å². The minimum absolute atomic E-state index is 0.200. The molecule has 0 saturated heterocycles. The normalized spacial score (nSPS) is 12.2. The zero-order chi connectivity index (χ0) is 17.4. The van der Waals surface area contributed by atoms with E-state index in [4.69, 9.17) is 20.9 Å². The minimum atomic E-state index is -0.477. The van der Waals surface area contributed by atoms with Crippen LogP contribution in [0, 0.1) is 0 Å². The molecule has 1 heterocycles. The number of nitrogens with two attached hydrogens (primary N) is 2. The van der Waals surface area contributed by atoms with Crippen LogP contribution in [0.15, 0.2) is 59.6 Å². The number of aliphatic imine (C=N–C) groups is 1. The van der Waals surface area contributed by atoms with E-state index in [1.807, 2.05) is 42.5 Å². The Morgan fingerprint density at radius 3 is 2.60 bits per heavy atom. The highest BCUT2D eigenvalue weighted by molar-refractivity contribution is 6.06. The van der Waals surface area contributed by atoms with Crippen LogP contribution in [0.2, 0.25) is 0 Å². The first kappa shape index (κ1) is 15.0. The third kappa shape index (κ3) is 2.63. The van der Waals surface area contributed by atoms with Gasteiger partial charge in [-0.15, -0.1) is 0 Å². The molecule has 6 nitrogen and oxygen atoms in total. The highest BCUT2D eigenvalue weighted by Gasteiger charge is 2.19. The number of carbonyl (C=O) groups excluding carboxylic acids is 1. The number of amides is 1. The summed E-state index contributed by atoms with van der Waals surface area (Å²) in [5.41, 5.74) is 12.9. The van der Waals surface area contributed by atoms with E-state index in [0.29, 0.717) is 17.1 Å². The summed E-state index contributed by atoms with van der Waals surface area (Å²) >= 11 is 0. The quantitative estimate of drug-likeness (QED) is 0.555. The van der Waals surface area contributed by atoms with Crippen LogP contribution in [0.3, 0.4) is 0 Å². The van der Waals surface area contributed by atoms with Crippen LogP contribution in [0.4, 0.5) is 0 Å². The smallest absolute Gasteiger partial charge is 0.280 e. The number of nitrogens with zero attached hydrogens (tertiary/aromatic N) is 1. The second-order valence-electron chi connectivity index (χ2n) is 5.62. The van der Waals surface area contributed by atoms with Crippen molar-refractivity contribution in [3.63, 3.8) is 0 Å². The first-order chi connectivity index (χ1) is 12.1. The van der Waals surface area contributed by atoms with Gasteiger partial charge in [0.2, 0.25) is 6.79 Å². The molecule has 0 bridgehead atoms. The number of ether oxygens (including phenoxy) is 2. The van der Waals surface area contributed by atoms with Gasteiger partial charge in [0, 0.05) is 11.1 Å². The van der Waals surface area contributed by atoms with Crippen molar-refractivity contribution in [3.05, 3.63) is 60.2 Å². The van der Waals surface area contributed by atoms with Crippen molar-refractivity contribution in [2.24, 2.45) is 16.5 Å². The molecule has 124 valence electrons. The maximum atomic E-state index is 12.1. The van der Waals surface area contributed by atoms with Gasteiger partial charge in [0.1, 0.15) is 0 Å². The van der Waals surface area contributed by atoms with Crippen LogP contribution in [-0.2, 0) is 0 Å². The fourth-order valence-electron chi connectivity index (χ4n) is 2.96. The van der Waals surface area contributed by atoms with Gasteiger partial charge in [-0.05, 0) is 34.5 Å². The van der Waals surface area contributed by atoms with Crippen molar-refractivity contribution in [1.29, 1.82) is 0 Å². The van der Waals surface area contributed by atoms with Crippen molar-refractivity contribution < 1.29 is 14.3 Å². The monoisotopic (exact) mass is 333 g/mol. The van der Waals surface area contributed by atoms with Gasteiger partial charge in [-0.1, -0.05) is 36.4 Å². The molecule has 1 aliphatic heterocycles. The van der Waals surface area contributed by atoms with Crippen molar-refractivity contribution in [3.8, 4) is 22.6 Å². The Morgan fingerprint density at radius 1 is 0.960 bits per heavy atom. The molecule has 3 aromatic carbocycles. The van der Waals surface area contributed by atoms with Gasteiger partial charge in [0.15, 0.2) is 17.5 Å². The van der Waals surface area contributed by atoms with E-state index in [0.717, 1.165) is 21.9 Å². The van der Waals surface area contributed by atoms with Crippen molar-refractivity contribution in [1.82, 2.24) is 0 Å². The van der Waals surface area contributed by atoms with Crippen LogP contribution in [0.5, 0.6) is 11.5 Å². The Hall–Kier alpha value is -3.54. The summed E-state index contributed by atoms with van der Waals surface area (Å²) in [5, 5.41) is 1.90. The van der Waals surface area contributed by atoms with Gasteiger partial charge < -0.3 is 20.9 Å². The average molecular weight is 333 g/mol. The molecular weight excluding hydrogens is 318 g/mol. The molecule has 4 N–H and O–H groups in total. The molecule has 1 amide bonds. The Bertz CT molecular complexity index is 1020. The number of hydrogen-bond acceptors (Lipinski definition) is 3. The lowest BCUT2D eigenvalue weighted by molar-refractivity contribution is 0.100. The van der Waals surface area contributed by atoms with Crippen LogP contribution in [0.25, 0.3) is 21.9 Å². The Labute approximate surface area is 143 Å². The zero-order valence-electron chi connectivity index (χ0n) is 13.2. The highest BCUT2D eigenvalue weighted by atomic mass is 16.7. The fourth-order valence-corrected chi connectivity index (χ4v) is 2.96. The molecule has 0 atom stereocenters. The summed E-state index contributed by atoms with van der Waals surface area (Å²) in [6.07, 6.45) is 0. The van der Waals surface area contributed by atoms with Crippen LogP contribution in [-0.4, -0.2) is 18.7 Å². The van der Waals surface area contributed by atoms with E-state index < -0.39 is 5.91 Å². The lowest BCUT2D eigenvalue weighted by Crippen LogP contribution is -2.24. The Kier molecular flexibility index (Phi) is 3.50. The second kappa shape index (κ2) is 5.83. The number of fused-ring (bicyclic) bond motifs is 2. The number of hydrogen-bond donors (Lipinski definition) is 2. The number of carbonyl (C=O) groups is 1. The highest BCUT2D eigenvalue weighted by Crippen LogP contribution is 2.43. The molecule has 3 aromatic rings. The summed E-state index contributed by atoms with van der Waals surface area (Å²) in [6, 6.07) is 17.0. The predicted molar refractivity (Wildman–Crippen MR) is 95.6 cm³/mol. The third-order valence-corrected chi connectivity index (χ3v) is 4.05. The molecule has 0 fully saturated rings. The Balaban J connectivity index is 1.92. The molecule has 4 rings (SSSR count). The molecule has 0 unspecified atom stereocenters. The summed E-state index contributed by atoms with van der Waals surface area (Å²) in [4.78, 5) is 15.7. The van der Waals surface area contributed by atoms with Gasteiger partial charge in [0.05, 0.1) is 0 Å². The number of para-hydroxylation sites is 1. The summed E-state index contributed by atoms with van der Waals surface area (Å²) in [6.45, 7) is 0.200.